The van der Waals surface area contributed by atoms with Crippen molar-refractivity contribution in [2.24, 2.45) is 0 Å². The van der Waals surface area contributed by atoms with Crippen molar-refractivity contribution in [3.05, 3.63) is 30.1 Å². The molecule has 7 nitrogen and oxygen atoms in total. The van der Waals surface area contributed by atoms with Crippen LogP contribution in [0, 0.1) is 5.82 Å². The molecule has 3 amide bonds. The maximum atomic E-state index is 13.2. The van der Waals surface area contributed by atoms with E-state index in [1.165, 1.54) is 25.2 Å². The molecule has 0 atom stereocenters. The highest BCUT2D eigenvalue weighted by Gasteiger charge is 2.11. The van der Waals surface area contributed by atoms with Crippen LogP contribution in [0.15, 0.2) is 24.3 Å². The summed E-state index contributed by atoms with van der Waals surface area (Å²) >= 11 is 0. The normalized spacial score (nSPS) is 9.50. The van der Waals surface area contributed by atoms with Gasteiger partial charge in [0.1, 0.15) is 0 Å². The van der Waals surface area contributed by atoms with Crippen molar-refractivity contribution in [2.75, 3.05) is 20.3 Å². The zero-order chi connectivity index (χ0) is 15.0. The molecule has 20 heavy (non-hydrogen) atoms. The van der Waals surface area contributed by atoms with Crippen molar-refractivity contribution in [1.29, 1.82) is 0 Å². The maximum Gasteiger partial charge on any atom is 0.344 e. The summed E-state index contributed by atoms with van der Waals surface area (Å²) in [5.41, 5.74) is 0. The highest BCUT2D eigenvalue weighted by atomic mass is 19.1. The van der Waals surface area contributed by atoms with Crippen LogP contribution in [0.3, 0.4) is 0 Å². The van der Waals surface area contributed by atoms with E-state index in [0.29, 0.717) is 0 Å². The summed E-state index contributed by atoms with van der Waals surface area (Å²) in [6.07, 6.45) is 0. The van der Waals surface area contributed by atoms with Crippen LogP contribution in [0.1, 0.15) is 0 Å². The largest absolute Gasteiger partial charge is 0.479 e. The molecule has 2 N–H and O–H groups in total. The zero-order valence-electron chi connectivity index (χ0n) is 10.6. The Morgan fingerprint density at radius 1 is 1.20 bits per heavy atom. The summed E-state index contributed by atoms with van der Waals surface area (Å²) in [6.45, 7) is -1.18. The Kier molecular flexibility index (Phi) is 5.95. The van der Waals surface area contributed by atoms with E-state index in [2.05, 4.69) is 10.1 Å². The summed E-state index contributed by atoms with van der Waals surface area (Å²) in [6, 6.07) is 4.83. The lowest BCUT2D eigenvalue weighted by atomic mass is 10.3. The van der Waals surface area contributed by atoms with Crippen LogP contribution >= 0.6 is 0 Å². The van der Waals surface area contributed by atoms with Crippen LogP contribution in [0.5, 0.6) is 5.75 Å². The number of urea groups is 1. The van der Waals surface area contributed by atoms with Gasteiger partial charge in [0.05, 0.1) is 0 Å². The van der Waals surface area contributed by atoms with Gasteiger partial charge < -0.3 is 14.8 Å². The first-order valence-electron chi connectivity index (χ1n) is 5.57. The van der Waals surface area contributed by atoms with Crippen LogP contribution in [0.4, 0.5) is 9.18 Å². The predicted molar refractivity (Wildman–Crippen MR) is 65.5 cm³/mol. The second kappa shape index (κ2) is 7.72. The number of imide groups is 1. The summed E-state index contributed by atoms with van der Waals surface area (Å²) in [7, 11) is 1.33. The van der Waals surface area contributed by atoms with Crippen LogP contribution < -0.4 is 15.4 Å². The third kappa shape index (κ3) is 5.34. The Hall–Kier alpha value is -2.64. The molecule has 0 aliphatic carbocycles. The Morgan fingerprint density at radius 2 is 1.90 bits per heavy atom. The number of nitrogens with one attached hydrogen (secondary N) is 2. The van der Waals surface area contributed by atoms with Crippen molar-refractivity contribution in [3.63, 3.8) is 0 Å². The van der Waals surface area contributed by atoms with Gasteiger partial charge in [0, 0.05) is 7.05 Å². The molecule has 0 spiro atoms. The van der Waals surface area contributed by atoms with Gasteiger partial charge in [-0.05, 0) is 12.1 Å². The van der Waals surface area contributed by atoms with Crippen molar-refractivity contribution in [1.82, 2.24) is 10.6 Å². The molecule has 1 rings (SSSR count). The lowest BCUT2D eigenvalue weighted by Gasteiger charge is -2.07. The van der Waals surface area contributed by atoms with Gasteiger partial charge >= 0.3 is 12.0 Å². The molecule has 0 heterocycles. The summed E-state index contributed by atoms with van der Waals surface area (Å²) in [5.74, 6) is -2.36. The number of benzene rings is 1. The molecule has 1 aromatic rings. The minimum absolute atomic E-state index is 0.0979. The number of carbonyl (C=O) groups is 3. The zero-order valence-corrected chi connectivity index (χ0v) is 10.6. The average molecular weight is 284 g/mol. The van der Waals surface area contributed by atoms with Gasteiger partial charge in [0.15, 0.2) is 24.8 Å². The second-order valence-electron chi connectivity index (χ2n) is 3.51. The summed E-state index contributed by atoms with van der Waals surface area (Å²) in [4.78, 5) is 33.1. The molecule has 0 bridgehead atoms. The van der Waals surface area contributed by atoms with Gasteiger partial charge in [-0.3, -0.25) is 10.1 Å². The van der Waals surface area contributed by atoms with Gasteiger partial charge in [-0.1, -0.05) is 12.1 Å². The summed E-state index contributed by atoms with van der Waals surface area (Å²) < 4.78 is 22.6. The highest BCUT2D eigenvalue weighted by Crippen LogP contribution is 2.14. The minimum atomic E-state index is -0.861. The molecule has 0 aromatic heterocycles. The lowest BCUT2D eigenvalue weighted by molar-refractivity contribution is -0.150. The fraction of sp³-hybridized carbons (Fsp3) is 0.250. The molecule has 0 saturated carbocycles. The standard InChI is InChI=1S/C12H13FN2O5/c1-14-12(18)15-10(16)6-20-11(17)7-19-9-5-3-2-4-8(9)13/h2-5H,6-7H2,1H3,(H2,14,15,16,18). The first-order valence-corrected chi connectivity index (χ1v) is 5.57. The van der Waals surface area contributed by atoms with Gasteiger partial charge in [-0.25, -0.2) is 14.0 Å². The Labute approximate surface area is 114 Å². The summed E-state index contributed by atoms with van der Waals surface area (Å²) in [5, 5.41) is 4.06. The Bertz CT molecular complexity index is 506. The highest BCUT2D eigenvalue weighted by molar-refractivity contribution is 5.95. The molecule has 0 unspecified atom stereocenters. The first kappa shape index (κ1) is 15.4. The van der Waals surface area contributed by atoms with E-state index in [0.717, 1.165) is 0 Å². The van der Waals surface area contributed by atoms with Gasteiger partial charge in [-0.2, -0.15) is 0 Å². The predicted octanol–water partition coefficient (Wildman–Crippen LogP) is 0.203. The third-order valence-electron chi connectivity index (χ3n) is 2.03. The number of ether oxygens (including phenoxy) is 2. The molecular formula is C12H13FN2O5. The first-order chi connectivity index (χ1) is 9.52. The number of para-hydroxylation sites is 1. The number of esters is 1. The second-order valence-corrected chi connectivity index (χ2v) is 3.51. The van der Waals surface area contributed by atoms with Gasteiger partial charge in [0.25, 0.3) is 5.91 Å². The molecule has 0 aliphatic heterocycles. The molecule has 0 fully saturated rings. The average Bonchev–Trinajstić information content (AvgIpc) is 2.44. The fourth-order valence-corrected chi connectivity index (χ4v) is 1.11. The van der Waals surface area contributed by atoms with Gasteiger partial charge in [-0.15, -0.1) is 0 Å². The monoisotopic (exact) mass is 284 g/mol. The van der Waals surface area contributed by atoms with Crippen LogP contribution in [0.2, 0.25) is 0 Å². The van der Waals surface area contributed by atoms with E-state index >= 15 is 0 Å². The van der Waals surface area contributed by atoms with Crippen molar-refractivity contribution in [3.8, 4) is 5.75 Å². The van der Waals surface area contributed by atoms with Crippen molar-refractivity contribution >= 4 is 17.9 Å². The molecule has 0 aliphatic rings. The third-order valence-corrected chi connectivity index (χ3v) is 2.03. The van der Waals surface area contributed by atoms with Crippen molar-refractivity contribution in [2.45, 2.75) is 0 Å². The minimum Gasteiger partial charge on any atom is -0.479 e. The van der Waals surface area contributed by atoms with E-state index in [9.17, 15) is 18.8 Å². The van der Waals surface area contributed by atoms with Crippen LogP contribution in [-0.2, 0) is 14.3 Å². The smallest absolute Gasteiger partial charge is 0.344 e. The molecule has 0 saturated heterocycles. The van der Waals surface area contributed by atoms with Crippen molar-refractivity contribution < 1.29 is 28.2 Å². The number of amides is 3. The topological polar surface area (TPSA) is 93.7 Å². The SMILES string of the molecule is CNC(=O)NC(=O)COC(=O)COc1ccccc1F. The number of halogens is 1. The number of hydrogen-bond acceptors (Lipinski definition) is 5. The maximum absolute atomic E-state index is 13.2. The van der Waals surface area contributed by atoms with E-state index < -0.39 is 36.9 Å². The van der Waals surface area contributed by atoms with Crippen LogP contribution in [0.25, 0.3) is 0 Å². The number of hydrogen-bond donors (Lipinski definition) is 2. The van der Waals surface area contributed by atoms with E-state index in [4.69, 9.17) is 4.74 Å². The molecule has 1 aromatic carbocycles. The van der Waals surface area contributed by atoms with Crippen LogP contribution in [-0.4, -0.2) is 38.2 Å². The quantitative estimate of drug-likeness (QED) is 0.753. The Morgan fingerprint density at radius 3 is 2.55 bits per heavy atom. The van der Waals surface area contributed by atoms with Gasteiger partial charge in [0.2, 0.25) is 0 Å². The molecule has 0 radical (unpaired) electrons. The number of carbonyl (C=O) groups excluding carboxylic acids is 3. The Balaban J connectivity index is 2.29. The molecule has 8 heteroatoms. The number of rotatable bonds is 5. The van der Waals surface area contributed by atoms with E-state index in [1.807, 2.05) is 5.32 Å². The molecule has 108 valence electrons. The van der Waals surface area contributed by atoms with E-state index in [-0.39, 0.29) is 5.75 Å². The lowest BCUT2D eigenvalue weighted by Crippen LogP contribution is -2.40. The molecular weight excluding hydrogens is 271 g/mol. The fourth-order valence-electron chi connectivity index (χ4n) is 1.11. The van der Waals surface area contributed by atoms with E-state index in [1.54, 1.807) is 6.07 Å².